The predicted octanol–water partition coefficient (Wildman–Crippen LogP) is 4.57. The fraction of sp³-hybridized carbons (Fsp3) is 0.357. The first kappa shape index (κ1) is 22.8. The highest BCUT2D eigenvalue weighted by molar-refractivity contribution is 5.72. The van der Waals surface area contributed by atoms with E-state index in [0.717, 1.165) is 47.1 Å². The molecule has 1 saturated heterocycles. The van der Waals surface area contributed by atoms with Gasteiger partial charge in [0.2, 0.25) is 5.95 Å². The van der Waals surface area contributed by atoms with Gasteiger partial charge >= 0.3 is 0 Å². The summed E-state index contributed by atoms with van der Waals surface area (Å²) in [5, 5.41) is 8.23. The van der Waals surface area contributed by atoms with Crippen LogP contribution in [0.3, 0.4) is 0 Å². The lowest BCUT2D eigenvalue weighted by molar-refractivity contribution is 0.120. The highest BCUT2D eigenvalue weighted by atomic mass is 16.5. The van der Waals surface area contributed by atoms with Crippen molar-refractivity contribution in [2.24, 2.45) is 0 Å². The molecule has 0 atom stereocenters. The van der Waals surface area contributed by atoms with Crippen LogP contribution in [0.25, 0.3) is 16.8 Å². The van der Waals surface area contributed by atoms with E-state index in [4.69, 9.17) is 14.6 Å². The first-order chi connectivity index (χ1) is 17.6. The maximum atomic E-state index is 5.77. The molecular formula is C28H32N6O2. The second kappa shape index (κ2) is 9.44. The molecule has 2 aromatic heterocycles. The summed E-state index contributed by atoms with van der Waals surface area (Å²) in [6, 6.07) is 17.0. The van der Waals surface area contributed by atoms with E-state index < -0.39 is 0 Å². The van der Waals surface area contributed by atoms with Gasteiger partial charge in [0, 0.05) is 24.7 Å². The molecule has 0 spiro atoms. The predicted molar refractivity (Wildman–Crippen MR) is 141 cm³/mol. The summed E-state index contributed by atoms with van der Waals surface area (Å²) in [5.41, 5.74) is 6.41. The lowest BCUT2D eigenvalue weighted by Crippen LogP contribution is -2.41. The number of rotatable bonds is 6. The third kappa shape index (κ3) is 4.16. The molecule has 2 aliphatic heterocycles. The molecule has 2 aliphatic rings. The first-order valence-corrected chi connectivity index (χ1v) is 12.5. The smallest absolute Gasteiger partial charge is 0.245 e. The average molecular weight is 485 g/mol. The minimum atomic E-state index is 0.512. The van der Waals surface area contributed by atoms with Crippen LogP contribution in [0.4, 0.5) is 11.6 Å². The van der Waals surface area contributed by atoms with Crippen LogP contribution in [0.5, 0.6) is 11.5 Å². The number of benzene rings is 2. The van der Waals surface area contributed by atoms with Crippen molar-refractivity contribution in [1.29, 1.82) is 0 Å². The van der Waals surface area contributed by atoms with E-state index in [1.54, 1.807) is 14.2 Å². The third-order valence-corrected chi connectivity index (χ3v) is 7.50. The van der Waals surface area contributed by atoms with Crippen molar-refractivity contribution in [1.82, 2.24) is 24.4 Å². The number of anilines is 2. The van der Waals surface area contributed by atoms with Crippen LogP contribution in [-0.4, -0.2) is 64.8 Å². The zero-order valence-corrected chi connectivity index (χ0v) is 21.1. The Morgan fingerprint density at radius 1 is 0.917 bits per heavy atom. The summed E-state index contributed by atoms with van der Waals surface area (Å²) >= 11 is 0. The van der Waals surface area contributed by atoms with Gasteiger partial charge in [0.05, 0.1) is 37.3 Å². The van der Waals surface area contributed by atoms with Gasteiger partial charge in [0.25, 0.3) is 0 Å². The van der Waals surface area contributed by atoms with E-state index in [1.165, 1.54) is 37.1 Å². The number of para-hydroxylation sites is 1. The van der Waals surface area contributed by atoms with E-state index >= 15 is 0 Å². The quantitative estimate of drug-likeness (QED) is 0.430. The largest absolute Gasteiger partial charge is 0.496 e. The monoisotopic (exact) mass is 484 g/mol. The molecule has 1 N–H and O–H groups in total. The number of methoxy groups -OCH3 is 2. The second-order valence-corrected chi connectivity index (χ2v) is 9.72. The van der Waals surface area contributed by atoms with Crippen molar-refractivity contribution in [3.05, 3.63) is 65.9 Å². The van der Waals surface area contributed by atoms with Crippen molar-refractivity contribution in [3.8, 4) is 22.8 Å². The number of ether oxygens (including phenoxy) is 2. The van der Waals surface area contributed by atoms with E-state index in [0.29, 0.717) is 12.0 Å². The maximum absolute atomic E-state index is 5.77. The SMILES string of the molecule is COc1cc2c(cc1Nc1ncc3ccc(-c4ccccc4OC)n3n1)CN(C1CCN(C)CC1)C2. The normalized spacial score (nSPS) is 16.9. The molecule has 0 aliphatic carbocycles. The lowest BCUT2D eigenvalue weighted by atomic mass is 10.0. The van der Waals surface area contributed by atoms with Gasteiger partial charge in [-0.25, -0.2) is 9.50 Å². The summed E-state index contributed by atoms with van der Waals surface area (Å²) in [6.45, 7) is 4.29. The van der Waals surface area contributed by atoms with Gasteiger partial charge < -0.3 is 19.7 Å². The van der Waals surface area contributed by atoms with Gasteiger partial charge in [0.15, 0.2) is 0 Å². The summed E-state index contributed by atoms with van der Waals surface area (Å²) in [6.07, 6.45) is 4.29. The minimum absolute atomic E-state index is 0.512. The van der Waals surface area contributed by atoms with Crippen LogP contribution in [0.15, 0.2) is 54.7 Å². The van der Waals surface area contributed by atoms with E-state index in [-0.39, 0.29) is 0 Å². The number of fused-ring (bicyclic) bond motifs is 2. The minimum Gasteiger partial charge on any atom is -0.496 e. The molecular weight excluding hydrogens is 452 g/mol. The molecule has 186 valence electrons. The molecule has 0 unspecified atom stereocenters. The molecule has 8 nitrogen and oxygen atoms in total. The molecule has 2 aromatic carbocycles. The summed E-state index contributed by atoms with van der Waals surface area (Å²) in [7, 11) is 5.61. The van der Waals surface area contributed by atoms with Crippen LogP contribution >= 0.6 is 0 Å². The molecule has 8 heteroatoms. The number of nitrogens with zero attached hydrogens (tertiary/aromatic N) is 5. The number of aromatic nitrogens is 3. The summed E-state index contributed by atoms with van der Waals surface area (Å²) < 4.78 is 13.2. The van der Waals surface area contributed by atoms with Crippen LogP contribution in [-0.2, 0) is 13.1 Å². The Hall–Kier alpha value is -3.62. The molecule has 4 aromatic rings. The fourth-order valence-electron chi connectivity index (χ4n) is 5.48. The highest BCUT2D eigenvalue weighted by Gasteiger charge is 2.29. The van der Waals surface area contributed by atoms with Gasteiger partial charge in [0.1, 0.15) is 11.5 Å². The van der Waals surface area contributed by atoms with E-state index in [2.05, 4.69) is 39.3 Å². The summed E-state index contributed by atoms with van der Waals surface area (Å²) in [4.78, 5) is 9.61. The van der Waals surface area contributed by atoms with Crippen LogP contribution in [0.2, 0.25) is 0 Å². The number of hydrogen-bond acceptors (Lipinski definition) is 7. The Balaban J connectivity index is 1.28. The van der Waals surface area contributed by atoms with Crippen LogP contribution in [0.1, 0.15) is 24.0 Å². The van der Waals surface area contributed by atoms with Gasteiger partial charge in [-0.3, -0.25) is 4.90 Å². The highest BCUT2D eigenvalue weighted by Crippen LogP contribution is 2.37. The third-order valence-electron chi connectivity index (χ3n) is 7.50. The van der Waals surface area contributed by atoms with Gasteiger partial charge in [-0.05, 0) is 80.5 Å². The lowest BCUT2D eigenvalue weighted by Gasteiger charge is -2.34. The Morgan fingerprint density at radius 2 is 1.67 bits per heavy atom. The van der Waals surface area contributed by atoms with Gasteiger partial charge in [-0.2, -0.15) is 0 Å². The Bertz CT molecular complexity index is 1390. The first-order valence-electron chi connectivity index (χ1n) is 12.5. The molecule has 0 radical (unpaired) electrons. The van der Waals surface area contributed by atoms with Crippen LogP contribution < -0.4 is 14.8 Å². The number of likely N-dealkylation sites (tertiary alicyclic amines) is 1. The fourth-order valence-corrected chi connectivity index (χ4v) is 5.48. The van der Waals surface area contributed by atoms with Crippen molar-refractivity contribution >= 4 is 17.2 Å². The zero-order valence-electron chi connectivity index (χ0n) is 21.1. The number of nitrogens with one attached hydrogen (secondary N) is 1. The molecule has 1 fully saturated rings. The van der Waals surface area contributed by atoms with Gasteiger partial charge in [-0.15, -0.1) is 5.10 Å². The molecule has 0 saturated carbocycles. The topological polar surface area (TPSA) is 67.2 Å². The van der Waals surface area contributed by atoms with E-state index in [1.807, 2.05) is 47.1 Å². The van der Waals surface area contributed by atoms with Crippen molar-refractivity contribution < 1.29 is 9.47 Å². The second-order valence-electron chi connectivity index (χ2n) is 9.72. The standard InChI is InChI=1S/C28H32N6O2/c1-32-12-10-21(11-13-32)33-17-19-14-24(27(36-3)15-20(19)18-33)30-28-29-16-22-8-9-25(34(22)31-28)23-6-4-5-7-26(23)35-2/h4-9,14-16,21H,10-13,17-18H2,1-3H3,(H,30,31). The van der Waals surface area contributed by atoms with Crippen molar-refractivity contribution in [3.63, 3.8) is 0 Å². The maximum Gasteiger partial charge on any atom is 0.245 e. The Kier molecular flexibility index (Phi) is 5.99. The zero-order chi connectivity index (χ0) is 24.6. The molecule has 0 bridgehead atoms. The van der Waals surface area contributed by atoms with Crippen molar-refractivity contribution in [2.75, 3.05) is 39.7 Å². The molecule has 4 heterocycles. The van der Waals surface area contributed by atoms with E-state index in [9.17, 15) is 0 Å². The Morgan fingerprint density at radius 3 is 2.44 bits per heavy atom. The molecule has 6 rings (SSSR count). The van der Waals surface area contributed by atoms with Crippen LogP contribution in [0, 0.1) is 0 Å². The van der Waals surface area contributed by atoms with Crippen molar-refractivity contribution in [2.45, 2.75) is 32.0 Å². The molecule has 0 amide bonds. The molecule has 36 heavy (non-hydrogen) atoms. The summed E-state index contributed by atoms with van der Waals surface area (Å²) in [5.74, 6) is 2.12. The average Bonchev–Trinajstić information content (AvgIpc) is 3.52. The number of hydrogen-bond donors (Lipinski definition) is 1. The Labute approximate surface area is 211 Å². The van der Waals surface area contributed by atoms with Gasteiger partial charge in [-0.1, -0.05) is 12.1 Å². The number of piperidine rings is 1.